The van der Waals surface area contributed by atoms with Crippen LogP contribution in [0.5, 0.6) is 0 Å². The quantitative estimate of drug-likeness (QED) is 0.753. The molecule has 2 aromatic rings. The molecule has 0 saturated heterocycles. The van der Waals surface area contributed by atoms with Crippen molar-refractivity contribution in [2.45, 2.75) is 33.7 Å². The number of hydrogen-bond donors (Lipinski definition) is 1. The van der Waals surface area contributed by atoms with Crippen LogP contribution in [0.1, 0.15) is 39.4 Å². The number of rotatable bonds is 3. The number of benzene rings is 2. The first-order valence-electron chi connectivity index (χ1n) is 6.95. The van der Waals surface area contributed by atoms with Gasteiger partial charge in [-0.15, -0.1) is 0 Å². The molecule has 0 heterocycles. The van der Waals surface area contributed by atoms with Gasteiger partial charge in [0.05, 0.1) is 6.04 Å². The van der Waals surface area contributed by atoms with Crippen molar-refractivity contribution in [3.8, 4) is 0 Å². The molecule has 2 heteroatoms. The molecule has 0 bridgehead atoms. The third-order valence-electron chi connectivity index (χ3n) is 4.18. The van der Waals surface area contributed by atoms with Crippen LogP contribution in [0, 0.1) is 31.3 Å². The smallest absolute Gasteiger partial charge is 0.0580 e. The van der Waals surface area contributed by atoms with Crippen molar-refractivity contribution in [3.63, 3.8) is 0 Å². The summed E-state index contributed by atoms with van der Waals surface area (Å²) >= 11 is 2.38. The minimum atomic E-state index is 0.253. The van der Waals surface area contributed by atoms with Crippen LogP contribution in [0.4, 0.5) is 0 Å². The molecular weight excluding hydrogens is 357 g/mol. The maximum Gasteiger partial charge on any atom is 0.0580 e. The second-order valence-corrected chi connectivity index (χ2v) is 6.70. The second kappa shape index (κ2) is 6.27. The molecule has 0 aromatic heterocycles. The Labute approximate surface area is 135 Å². The molecule has 0 aliphatic heterocycles. The molecule has 106 valence electrons. The molecule has 1 atom stereocenters. The molecule has 0 fully saturated rings. The first-order chi connectivity index (χ1) is 9.45. The monoisotopic (exact) mass is 379 g/mol. The molecule has 0 aliphatic carbocycles. The fraction of sp³-hybridized carbons (Fsp3) is 0.333. The molecule has 0 spiro atoms. The van der Waals surface area contributed by atoms with E-state index in [1.165, 1.54) is 37.0 Å². The predicted molar refractivity (Wildman–Crippen MR) is 95.5 cm³/mol. The van der Waals surface area contributed by atoms with Gasteiger partial charge in [-0.05, 0) is 103 Å². The Balaban J connectivity index is 2.64. The first kappa shape index (κ1) is 15.5. The van der Waals surface area contributed by atoms with Gasteiger partial charge in [-0.1, -0.05) is 18.2 Å². The van der Waals surface area contributed by atoms with Crippen LogP contribution in [0.25, 0.3) is 0 Å². The molecule has 0 aliphatic rings. The highest BCUT2D eigenvalue weighted by Crippen LogP contribution is 2.31. The van der Waals surface area contributed by atoms with Gasteiger partial charge in [-0.2, -0.15) is 0 Å². The maximum absolute atomic E-state index is 3.49. The molecule has 2 rings (SSSR count). The molecule has 0 amide bonds. The average Bonchev–Trinajstić information content (AvgIpc) is 2.41. The van der Waals surface area contributed by atoms with Gasteiger partial charge in [0.15, 0.2) is 0 Å². The van der Waals surface area contributed by atoms with Crippen molar-refractivity contribution >= 4 is 22.6 Å². The van der Waals surface area contributed by atoms with E-state index in [1.807, 2.05) is 7.05 Å². The summed E-state index contributed by atoms with van der Waals surface area (Å²) in [6.07, 6.45) is 0. The summed E-state index contributed by atoms with van der Waals surface area (Å²) in [5, 5.41) is 3.49. The van der Waals surface area contributed by atoms with Crippen LogP contribution in [0.3, 0.4) is 0 Å². The van der Waals surface area contributed by atoms with Crippen molar-refractivity contribution < 1.29 is 0 Å². The summed E-state index contributed by atoms with van der Waals surface area (Å²) in [5.41, 5.74) is 8.28. The Hall–Kier alpha value is -0.870. The van der Waals surface area contributed by atoms with Gasteiger partial charge < -0.3 is 5.32 Å². The van der Waals surface area contributed by atoms with Crippen molar-refractivity contribution in [3.05, 3.63) is 67.3 Å². The van der Waals surface area contributed by atoms with Crippen LogP contribution >= 0.6 is 22.6 Å². The van der Waals surface area contributed by atoms with E-state index in [2.05, 4.69) is 85.9 Å². The van der Waals surface area contributed by atoms with Crippen LogP contribution in [0.15, 0.2) is 30.3 Å². The minimum Gasteiger partial charge on any atom is -0.309 e. The molecule has 1 N–H and O–H groups in total. The third kappa shape index (κ3) is 2.91. The zero-order valence-corrected chi connectivity index (χ0v) is 15.0. The fourth-order valence-electron chi connectivity index (χ4n) is 2.84. The van der Waals surface area contributed by atoms with E-state index in [9.17, 15) is 0 Å². The van der Waals surface area contributed by atoms with E-state index in [0.29, 0.717) is 0 Å². The lowest BCUT2D eigenvalue weighted by Gasteiger charge is -2.24. The van der Waals surface area contributed by atoms with E-state index in [1.54, 1.807) is 0 Å². The predicted octanol–water partition coefficient (Wildman–Crippen LogP) is 4.83. The van der Waals surface area contributed by atoms with Gasteiger partial charge in [-0.3, -0.25) is 0 Å². The Morgan fingerprint density at radius 1 is 0.950 bits per heavy atom. The van der Waals surface area contributed by atoms with Gasteiger partial charge in [-0.25, -0.2) is 0 Å². The van der Waals surface area contributed by atoms with Gasteiger partial charge >= 0.3 is 0 Å². The summed E-state index contributed by atoms with van der Waals surface area (Å²) in [6.45, 7) is 8.87. The summed E-state index contributed by atoms with van der Waals surface area (Å²) in [4.78, 5) is 0. The molecular formula is C18H22IN. The summed E-state index contributed by atoms with van der Waals surface area (Å²) < 4.78 is 1.28. The molecule has 0 saturated carbocycles. The fourth-order valence-corrected chi connectivity index (χ4v) is 3.41. The van der Waals surface area contributed by atoms with Gasteiger partial charge in [0.1, 0.15) is 0 Å². The first-order valence-corrected chi connectivity index (χ1v) is 8.03. The Morgan fingerprint density at radius 2 is 1.55 bits per heavy atom. The summed E-state index contributed by atoms with van der Waals surface area (Å²) in [6, 6.07) is 11.3. The minimum absolute atomic E-state index is 0.253. The van der Waals surface area contributed by atoms with E-state index in [4.69, 9.17) is 0 Å². The number of nitrogens with one attached hydrogen (secondary N) is 1. The lowest BCUT2D eigenvalue weighted by molar-refractivity contribution is 0.681. The summed E-state index contributed by atoms with van der Waals surface area (Å²) in [5.74, 6) is 0. The maximum atomic E-state index is 3.49. The average molecular weight is 379 g/mol. The molecule has 0 radical (unpaired) electrons. The van der Waals surface area contributed by atoms with Crippen LogP contribution in [-0.4, -0.2) is 7.05 Å². The molecule has 20 heavy (non-hydrogen) atoms. The Bertz CT molecular complexity index is 605. The van der Waals surface area contributed by atoms with E-state index in [-0.39, 0.29) is 6.04 Å². The zero-order chi connectivity index (χ0) is 14.9. The van der Waals surface area contributed by atoms with Gasteiger partial charge in [0.25, 0.3) is 0 Å². The third-order valence-corrected chi connectivity index (χ3v) is 4.85. The Kier molecular flexibility index (Phi) is 4.86. The van der Waals surface area contributed by atoms with E-state index < -0.39 is 0 Å². The number of halogens is 1. The largest absolute Gasteiger partial charge is 0.309 e. The number of aryl methyl sites for hydroxylation is 2. The van der Waals surface area contributed by atoms with Gasteiger partial charge in [0, 0.05) is 3.57 Å². The zero-order valence-electron chi connectivity index (χ0n) is 12.8. The van der Waals surface area contributed by atoms with Crippen molar-refractivity contribution in [2.75, 3.05) is 7.05 Å². The van der Waals surface area contributed by atoms with Crippen molar-refractivity contribution in [1.29, 1.82) is 0 Å². The van der Waals surface area contributed by atoms with Crippen molar-refractivity contribution in [2.24, 2.45) is 0 Å². The van der Waals surface area contributed by atoms with Crippen LogP contribution in [-0.2, 0) is 0 Å². The van der Waals surface area contributed by atoms with E-state index >= 15 is 0 Å². The van der Waals surface area contributed by atoms with Gasteiger partial charge in [0.2, 0.25) is 0 Å². The lowest BCUT2D eigenvalue weighted by Crippen LogP contribution is -2.20. The highest BCUT2D eigenvalue weighted by Gasteiger charge is 2.19. The number of hydrogen-bond acceptors (Lipinski definition) is 1. The molecule has 1 nitrogen and oxygen atoms in total. The standard InChI is InChI=1S/C18H22IN/c1-11-9-12(2)14(4)17(13(11)3)18(20-5)15-7-6-8-16(19)10-15/h6-10,18,20H,1-5H3. The van der Waals surface area contributed by atoms with Crippen LogP contribution in [0.2, 0.25) is 0 Å². The molecule has 2 aromatic carbocycles. The second-order valence-electron chi connectivity index (χ2n) is 5.45. The summed E-state index contributed by atoms with van der Waals surface area (Å²) in [7, 11) is 2.04. The SMILES string of the molecule is CNC(c1cccc(I)c1)c1c(C)c(C)cc(C)c1C. The normalized spacial score (nSPS) is 12.5. The van der Waals surface area contributed by atoms with E-state index in [0.717, 1.165) is 0 Å². The topological polar surface area (TPSA) is 12.0 Å². The Morgan fingerprint density at radius 3 is 2.05 bits per heavy atom. The van der Waals surface area contributed by atoms with Crippen molar-refractivity contribution in [1.82, 2.24) is 5.32 Å². The van der Waals surface area contributed by atoms with Crippen LogP contribution < -0.4 is 5.32 Å². The highest BCUT2D eigenvalue weighted by molar-refractivity contribution is 14.1. The highest BCUT2D eigenvalue weighted by atomic mass is 127. The lowest BCUT2D eigenvalue weighted by atomic mass is 9.87. The molecule has 1 unspecified atom stereocenters.